The highest BCUT2D eigenvalue weighted by molar-refractivity contribution is 9.10. The molecule has 0 amide bonds. The summed E-state index contributed by atoms with van der Waals surface area (Å²) in [6.07, 6.45) is 2.06. The SMILES string of the molecule is N#Cc1ccc2ccn(Cc3cccc(Br)c3)c2c1. The predicted molar refractivity (Wildman–Crippen MR) is 79.9 cm³/mol. The Hall–Kier alpha value is -2.05. The average Bonchev–Trinajstić information content (AvgIpc) is 2.81. The van der Waals surface area contributed by atoms with E-state index in [4.69, 9.17) is 5.26 Å². The first-order chi connectivity index (χ1) is 9.26. The summed E-state index contributed by atoms with van der Waals surface area (Å²) < 4.78 is 3.25. The summed E-state index contributed by atoms with van der Waals surface area (Å²) >= 11 is 3.49. The molecular formula is C16H11BrN2. The summed E-state index contributed by atoms with van der Waals surface area (Å²) in [5.41, 5.74) is 3.02. The van der Waals surface area contributed by atoms with Crippen molar-refractivity contribution < 1.29 is 0 Å². The number of hydrogen-bond donors (Lipinski definition) is 0. The monoisotopic (exact) mass is 310 g/mol. The molecule has 0 fully saturated rings. The van der Waals surface area contributed by atoms with Crippen molar-refractivity contribution in [3.05, 3.63) is 70.3 Å². The molecule has 3 rings (SSSR count). The Kier molecular flexibility index (Phi) is 3.10. The molecule has 0 aliphatic carbocycles. The number of hydrogen-bond acceptors (Lipinski definition) is 1. The zero-order chi connectivity index (χ0) is 13.2. The molecule has 3 aromatic rings. The average molecular weight is 311 g/mol. The number of fused-ring (bicyclic) bond motifs is 1. The lowest BCUT2D eigenvalue weighted by molar-refractivity contribution is 0.836. The van der Waals surface area contributed by atoms with Gasteiger partial charge < -0.3 is 4.57 Å². The third kappa shape index (κ3) is 2.40. The van der Waals surface area contributed by atoms with Crippen LogP contribution in [0.4, 0.5) is 0 Å². The van der Waals surface area contributed by atoms with Crippen molar-refractivity contribution >= 4 is 26.8 Å². The Balaban J connectivity index is 2.03. The molecule has 19 heavy (non-hydrogen) atoms. The van der Waals surface area contributed by atoms with Crippen LogP contribution in [-0.2, 0) is 6.54 Å². The number of aromatic nitrogens is 1. The first kappa shape index (κ1) is 12.0. The molecule has 0 atom stereocenters. The van der Waals surface area contributed by atoms with Crippen molar-refractivity contribution in [1.82, 2.24) is 4.57 Å². The Morgan fingerprint density at radius 1 is 1.11 bits per heavy atom. The Morgan fingerprint density at radius 3 is 2.79 bits per heavy atom. The normalized spacial score (nSPS) is 10.5. The second-order valence-corrected chi connectivity index (χ2v) is 5.37. The van der Waals surface area contributed by atoms with Gasteiger partial charge in [-0.25, -0.2) is 0 Å². The standard InChI is InChI=1S/C16H11BrN2/c17-15-3-1-2-13(8-15)11-19-7-6-14-5-4-12(10-18)9-16(14)19/h1-9H,11H2. The van der Waals surface area contributed by atoms with E-state index in [-0.39, 0.29) is 0 Å². The van der Waals surface area contributed by atoms with Crippen LogP contribution in [0, 0.1) is 11.3 Å². The maximum absolute atomic E-state index is 8.99. The Morgan fingerprint density at radius 2 is 2.00 bits per heavy atom. The fourth-order valence-corrected chi connectivity index (χ4v) is 2.67. The van der Waals surface area contributed by atoms with Crippen LogP contribution in [0.5, 0.6) is 0 Å². The zero-order valence-corrected chi connectivity index (χ0v) is 11.8. The highest BCUT2D eigenvalue weighted by Gasteiger charge is 2.03. The van der Waals surface area contributed by atoms with E-state index in [1.807, 2.05) is 30.3 Å². The van der Waals surface area contributed by atoms with Crippen LogP contribution < -0.4 is 0 Å². The minimum Gasteiger partial charge on any atom is -0.343 e. The predicted octanol–water partition coefficient (Wildman–Crippen LogP) is 4.32. The van der Waals surface area contributed by atoms with E-state index in [0.717, 1.165) is 21.9 Å². The van der Waals surface area contributed by atoms with Crippen LogP contribution in [-0.4, -0.2) is 4.57 Å². The molecule has 92 valence electrons. The molecule has 1 heterocycles. The van der Waals surface area contributed by atoms with Gasteiger partial charge in [-0.1, -0.05) is 34.1 Å². The fourth-order valence-electron chi connectivity index (χ4n) is 2.22. The van der Waals surface area contributed by atoms with E-state index in [1.165, 1.54) is 5.56 Å². The van der Waals surface area contributed by atoms with E-state index in [2.05, 4.69) is 51.0 Å². The van der Waals surface area contributed by atoms with Gasteiger partial charge in [0.05, 0.1) is 11.6 Å². The highest BCUT2D eigenvalue weighted by atomic mass is 79.9. The van der Waals surface area contributed by atoms with Gasteiger partial charge in [0.15, 0.2) is 0 Å². The number of rotatable bonds is 2. The maximum Gasteiger partial charge on any atom is 0.0992 e. The number of benzene rings is 2. The topological polar surface area (TPSA) is 28.7 Å². The molecule has 0 saturated heterocycles. The molecule has 0 aliphatic rings. The van der Waals surface area contributed by atoms with Crippen molar-refractivity contribution in [1.29, 1.82) is 5.26 Å². The van der Waals surface area contributed by atoms with Crippen LogP contribution in [0.25, 0.3) is 10.9 Å². The summed E-state index contributed by atoms with van der Waals surface area (Å²) in [4.78, 5) is 0. The molecule has 0 radical (unpaired) electrons. The fraction of sp³-hybridized carbons (Fsp3) is 0.0625. The lowest BCUT2D eigenvalue weighted by Crippen LogP contribution is -1.97. The third-order valence-corrected chi connectivity index (χ3v) is 3.64. The lowest BCUT2D eigenvalue weighted by Gasteiger charge is -2.06. The minimum absolute atomic E-state index is 0.696. The minimum atomic E-state index is 0.696. The van der Waals surface area contributed by atoms with Gasteiger partial charge in [0.25, 0.3) is 0 Å². The van der Waals surface area contributed by atoms with Crippen LogP contribution >= 0.6 is 15.9 Å². The van der Waals surface area contributed by atoms with E-state index < -0.39 is 0 Å². The van der Waals surface area contributed by atoms with Crippen LogP contribution in [0.1, 0.15) is 11.1 Å². The van der Waals surface area contributed by atoms with Gasteiger partial charge in [-0.15, -0.1) is 0 Å². The van der Waals surface area contributed by atoms with Gasteiger partial charge in [-0.2, -0.15) is 5.26 Å². The molecule has 0 bridgehead atoms. The summed E-state index contributed by atoms with van der Waals surface area (Å²) in [6, 6.07) is 18.3. The highest BCUT2D eigenvalue weighted by Crippen LogP contribution is 2.20. The second-order valence-electron chi connectivity index (χ2n) is 4.46. The smallest absolute Gasteiger partial charge is 0.0992 e. The van der Waals surface area contributed by atoms with Crippen molar-refractivity contribution in [2.75, 3.05) is 0 Å². The molecule has 3 heteroatoms. The van der Waals surface area contributed by atoms with Crippen molar-refractivity contribution in [3.8, 4) is 6.07 Å². The van der Waals surface area contributed by atoms with Gasteiger partial charge >= 0.3 is 0 Å². The quantitative estimate of drug-likeness (QED) is 0.693. The largest absolute Gasteiger partial charge is 0.343 e. The molecular weight excluding hydrogens is 300 g/mol. The molecule has 2 aromatic carbocycles. The van der Waals surface area contributed by atoms with E-state index in [1.54, 1.807) is 0 Å². The molecule has 0 unspecified atom stereocenters. The zero-order valence-electron chi connectivity index (χ0n) is 10.2. The second kappa shape index (κ2) is 4.91. The summed E-state index contributed by atoms with van der Waals surface area (Å²) in [5.74, 6) is 0. The first-order valence-electron chi connectivity index (χ1n) is 6.00. The van der Waals surface area contributed by atoms with Gasteiger partial charge in [-0.05, 0) is 41.3 Å². The van der Waals surface area contributed by atoms with Gasteiger partial charge in [0.1, 0.15) is 0 Å². The Labute approximate surface area is 120 Å². The first-order valence-corrected chi connectivity index (χ1v) is 6.79. The van der Waals surface area contributed by atoms with Gasteiger partial charge in [0, 0.05) is 22.7 Å². The van der Waals surface area contributed by atoms with Crippen LogP contribution in [0.2, 0.25) is 0 Å². The van der Waals surface area contributed by atoms with E-state index in [9.17, 15) is 0 Å². The molecule has 1 aromatic heterocycles. The van der Waals surface area contributed by atoms with E-state index in [0.29, 0.717) is 5.56 Å². The third-order valence-electron chi connectivity index (χ3n) is 3.14. The number of nitriles is 1. The molecule has 0 N–H and O–H groups in total. The Bertz CT molecular complexity index is 781. The summed E-state index contributed by atoms with van der Waals surface area (Å²) in [6.45, 7) is 0.803. The van der Waals surface area contributed by atoms with Crippen molar-refractivity contribution in [2.45, 2.75) is 6.54 Å². The van der Waals surface area contributed by atoms with Crippen LogP contribution in [0.3, 0.4) is 0 Å². The summed E-state index contributed by atoms with van der Waals surface area (Å²) in [5, 5.41) is 10.1. The number of halogens is 1. The van der Waals surface area contributed by atoms with Crippen molar-refractivity contribution in [3.63, 3.8) is 0 Å². The van der Waals surface area contributed by atoms with Crippen molar-refractivity contribution in [2.24, 2.45) is 0 Å². The molecule has 0 aliphatic heterocycles. The molecule has 2 nitrogen and oxygen atoms in total. The van der Waals surface area contributed by atoms with Crippen LogP contribution in [0.15, 0.2) is 59.2 Å². The molecule has 0 saturated carbocycles. The lowest BCUT2D eigenvalue weighted by atomic mass is 10.2. The van der Waals surface area contributed by atoms with E-state index >= 15 is 0 Å². The summed E-state index contributed by atoms with van der Waals surface area (Å²) in [7, 11) is 0. The molecule has 0 spiro atoms. The maximum atomic E-state index is 8.99. The van der Waals surface area contributed by atoms with Gasteiger partial charge in [-0.3, -0.25) is 0 Å². The van der Waals surface area contributed by atoms with Gasteiger partial charge in [0.2, 0.25) is 0 Å². The number of nitrogens with zero attached hydrogens (tertiary/aromatic N) is 2.